The third-order valence-electron chi connectivity index (χ3n) is 12.2. The molecule has 364 valence electrons. The number of phosphoric ester groups is 1. The normalized spacial score (nSPS) is 14.1. The third-order valence-corrected chi connectivity index (χ3v) is 13.2. The number of allylic oxidation sites excluding steroid dienone is 1. The van der Waals surface area contributed by atoms with E-state index in [2.05, 4.69) is 19.2 Å². The average Bonchev–Trinajstić information content (AvgIpc) is 3.21. The lowest BCUT2D eigenvalue weighted by atomic mass is 10.0. The molecule has 0 bridgehead atoms. The van der Waals surface area contributed by atoms with Crippen molar-refractivity contribution in [1.29, 1.82) is 0 Å². The van der Waals surface area contributed by atoms with Crippen molar-refractivity contribution in [2.24, 2.45) is 0 Å². The predicted molar refractivity (Wildman–Crippen MR) is 261 cm³/mol. The highest BCUT2D eigenvalue weighted by Gasteiger charge is 2.23. The number of phosphoric acid groups is 1. The van der Waals surface area contributed by atoms with Crippen LogP contribution < -0.4 is 10.2 Å². The molecule has 1 amide bonds. The third kappa shape index (κ3) is 47.0. The van der Waals surface area contributed by atoms with Crippen LogP contribution in [0.5, 0.6) is 0 Å². The molecule has 0 aliphatic heterocycles. The Labute approximate surface area is 380 Å². The summed E-state index contributed by atoms with van der Waals surface area (Å²) in [7, 11) is 1.28. The molecule has 8 nitrogen and oxygen atoms in total. The van der Waals surface area contributed by atoms with E-state index in [1.165, 1.54) is 205 Å². The Kier molecular flexibility index (Phi) is 43.9. The summed E-state index contributed by atoms with van der Waals surface area (Å²) < 4.78 is 23.3. The van der Waals surface area contributed by atoms with Gasteiger partial charge in [0.1, 0.15) is 13.2 Å². The fraction of sp³-hybridized carbons (Fsp3) is 0.942. The number of hydrogen-bond donors (Lipinski definition) is 2. The number of amides is 1. The van der Waals surface area contributed by atoms with Gasteiger partial charge in [0.05, 0.1) is 39.9 Å². The maximum atomic E-state index is 12.9. The van der Waals surface area contributed by atoms with Gasteiger partial charge >= 0.3 is 0 Å². The molecule has 0 aliphatic rings. The Balaban J connectivity index is 4.25. The summed E-state index contributed by atoms with van der Waals surface area (Å²) in [5, 5.41) is 13.9. The van der Waals surface area contributed by atoms with E-state index < -0.39 is 20.0 Å². The van der Waals surface area contributed by atoms with Gasteiger partial charge in [-0.3, -0.25) is 9.36 Å². The Morgan fingerprint density at radius 3 is 1.23 bits per heavy atom. The molecular weight excluding hydrogens is 780 g/mol. The summed E-state index contributed by atoms with van der Waals surface area (Å²) in [6, 6.07) is -0.881. The number of rotatable bonds is 49. The molecule has 0 aromatic rings. The molecule has 0 aliphatic carbocycles. The van der Waals surface area contributed by atoms with Crippen LogP contribution in [-0.4, -0.2) is 68.5 Å². The van der Waals surface area contributed by atoms with Crippen LogP contribution in [0.15, 0.2) is 12.2 Å². The van der Waals surface area contributed by atoms with Crippen LogP contribution in [-0.2, 0) is 18.4 Å². The number of carbonyl (C=O) groups is 1. The average molecular weight is 885 g/mol. The first kappa shape index (κ1) is 60.2. The fourth-order valence-electron chi connectivity index (χ4n) is 8.04. The van der Waals surface area contributed by atoms with Crippen LogP contribution in [0.2, 0.25) is 0 Å². The molecule has 0 saturated carbocycles. The van der Waals surface area contributed by atoms with Crippen molar-refractivity contribution in [3.8, 4) is 0 Å². The summed E-state index contributed by atoms with van der Waals surface area (Å²) in [5.74, 6) is -0.191. The number of nitrogens with one attached hydrogen (secondary N) is 1. The van der Waals surface area contributed by atoms with Crippen molar-refractivity contribution in [3.63, 3.8) is 0 Å². The summed E-state index contributed by atoms with van der Waals surface area (Å²) in [6.07, 6.45) is 52.7. The molecule has 3 unspecified atom stereocenters. The van der Waals surface area contributed by atoms with E-state index in [-0.39, 0.29) is 19.1 Å². The van der Waals surface area contributed by atoms with E-state index in [1.807, 2.05) is 27.2 Å². The van der Waals surface area contributed by atoms with Crippen LogP contribution in [0, 0.1) is 0 Å². The minimum atomic E-state index is -4.59. The van der Waals surface area contributed by atoms with Crippen LogP contribution in [0.25, 0.3) is 0 Å². The molecule has 0 aromatic heterocycles. The second kappa shape index (κ2) is 44.4. The minimum absolute atomic E-state index is 0.00252. The number of aliphatic hydroxyl groups excluding tert-OH is 1. The molecule has 0 fully saturated rings. The lowest BCUT2D eigenvalue weighted by Gasteiger charge is -2.29. The van der Waals surface area contributed by atoms with Crippen molar-refractivity contribution in [2.75, 3.05) is 40.9 Å². The Morgan fingerprint density at radius 2 is 0.885 bits per heavy atom. The number of hydrogen-bond acceptors (Lipinski definition) is 6. The summed E-state index contributed by atoms with van der Waals surface area (Å²) in [6.45, 7) is 4.69. The van der Waals surface area contributed by atoms with E-state index in [9.17, 15) is 19.4 Å². The molecule has 0 rings (SSSR count). The largest absolute Gasteiger partial charge is 0.756 e. The molecule has 0 heterocycles. The zero-order chi connectivity index (χ0) is 45.0. The van der Waals surface area contributed by atoms with Crippen LogP contribution in [0.4, 0.5) is 0 Å². The molecule has 0 spiro atoms. The zero-order valence-corrected chi connectivity index (χ0v) is 42.3. The lowest BCUT2D eigenvalue weighted by molar-refractivity contribution is -0.870. The number of quaternary nitrogens is 1. The van der Waals surface area contributed by atoms with Crippen molar-refractivity contribution >= 4 is 13.7 Å². The maximum Gasteiger partial charge on any atom is 0.268 e. The Hall–Kier alpha value is -0.760. The van der Waals surface area contributed by atoms with E-state index in [1.54, 1.807) is 6.08 Å². The number of nitrogens with zero attached hydrogens (tertiary/aromatic N) is 1. The molecule has 3 atom stereocenters. The van der Waals surface area contributed by atoms with Gasteiger partial charge in [0.2, 0.25) is 5.91 Å². The molecular formula is C52H105N2O6P. The fourth-order valence-corrected chi connectivity index (χ4v) is 8.76. The molecule has 0 radical (unpaired) electrons. The Bertz CT molecular complexity index is 1000. The van der Waals surface area contributed by atoms with E-state index in [0.29, 0.717) is 17.4 Å². The number of unbranched alkanes of at least 4 members (excludes halogenated alkanes) is 36. The van der Waals surface area contributed by atoms with Gasteiger partial charge in [-0.15, -0.1) is 0 Å². The second-order valence-corrected chi connectivity index (χ2v) is 21.0. The highest BCUT2D eigenvalue weighted by molar-refractivity contribution is 7.45. The number of carbonyl (C=O) groups excluding carboxylic acids is 1. The minimum Gasteiger partial charge on any atom is -0.756 e. The molecule has 9 heteroatoms. The number of aliphatic hydroxyl groups is 1. The van der Waals surface area contributed by atoms with Crippen molar-refractivity contribution in [3.05, 3.63) is 12.2 Å². The van der Waals surface area contributed by atoms with Crippen LogP contribution in [0.3, 0.4) is 0 Å². The zero-order valence-electron chi connectivity index (χ0n) is 41.4. The van der Waals surface area contributed by atoms with Gasteiger partial charge in [-0.2, -0.15) is 0 Å². The molecule has 0 saturated heterocycles. The predicted octanol–water partition coefficient (Wildman–Crippen LogP) is 14.8. The van der Waals surface area contributed by atoms with Gasteiger partial charge in [-0.05, 0) is 19.3 Å². The standard InChI is InChI=1S/C52H105N2O6P/c1-6-8-10-12-14-16-18-20-22-24-26-27-28-30-32-34-36-38-40-42-44-46-52(56)53-50(49-60-61(57,58)59-48-47-54(3,4)5)51(55)45-43-41-39-37-35-33-31-29-25-23-21-19-17-15-13-11-9-7-2/h43,45,50-51,55H,6-42,44,46-49H2,1-5H3,(H-,53,56,57,58)/b45-43+. The van der Waals surface area contributed by atoms with Crippen LogP contribution in [0.1, 0.15) is 264 Å². The topological polar surface area (TPSA) is 108 Å². The first-order chi connectivity index (χ1) is 29.5. The Morgan fingerprint density at radius 1 is 0.557 bits per heavy atom. The molecule has 0 aromatic carbocycles. The first-order valence-corrected chi connectivity index (χ1v) is 28.0. The van der Waals surface area contributed by atoms with Gasteiger partial charge in [-0.25, -0.2) is 0 Å². The number of likely N-dealkylation sites (N-methyl/N-ethyl adjacent to an activating group) is 1. The summed E-state index contributed by atoms with van der Waals surface area (Å²) in [4.78, 5) is 25.4. The smallest absolute Gasteiger partial charge is 0.268 e. The summed E-state index contributed by atoms with van der Waals surface area (Å²) in [5.41, 5.74) is 0. The monoisotopic (exact) mass is 885 g/mol. The van der Waals surface area contributed by atoms with Crippen molar-refractivity contribution in [1.82, 2.24) is 5.32 Å². The molecule has 61 heavy (non-hydrogen) atoms. The first-order valence-electron chi connectivity index (χ1n) is 26.6. The summed E-state index contributed by atoms with van der Waals surface area (Å²) >= 11 is 0. The van der Waals surface area contributed by atoms with Crippen LogP contribution >= 0.6 is 7.82 Å². The highest BCUT2D eigenvalue weighted by atomic mass is 31.2. The van der Waals surface area contributed by atoms with E-state index in [0.717, 1.165) is 38.5 Å². The van der Waals surface area contributed by atoms with Gasteiger partial charge in [0, 0.05) is 6.42 Å². The lowest BCUT2D eigenvalue weighted by Crippen LogP contribution is -2.45. The van der Waals surface area contributed by atoms with Gasteiger partial charge in [-0.1, -0.05) is 251 Å². The highest BCUT2D eigenvalue weighted by Crippen LogP contribution is 2.38. The second-order valence-electron chi connectivity index (χ2n) is 19.6. The van der Waals surface area contributed by atoms with Gasteiger partial charge < -0.3 is 28.8 Å². The SMILES string of the molecule is CCCCCCCCCCCCCCCCCC/C=C/C(O)C(COP(=O)([O-])OCC[N+](C)(C)C)NC(=O)CCCCCCCCCCCCCCCCCCCCCCC. The molecule has 2 N–H and O–H groups in total. The van der Waals surface area contributed by atoms with E-state index in [4.69, 9.17) is 9.05 Å². The van der Waals surface area contributed by atoms with Crippen molar-refractivity contribution in [2.45, 2.75) is 276 Å². The van der Waals surface area contributed by atoms with Crippen molar-refractivity contribution < 1.29 is 32.9 Å². The van der Waals surface area contributed by atoms with E-state index >= 15 is 0 Å². The van der Waals surface area contributed by atoms with Gasteiger partial charge in [0.25, 0.3) is 7.82 Å². The quantitative estimate of drug-likeness (QED) is 0.0273. The van der Waals surface area contributed by atoms with Gasteiger partial charge in [0.15, 0.2) is 0 Å². The maximum absolute atomic E-state index is 12.9.